The molecule has 2 aromatic heterocycles. The van der Waals surface area contributed by atoms with Crippen LogP contribution in [0.15, 0.2) is 109 Å². The zero-order chi connectivity index (χ0) is 40.1. The van der Waals surface area contributed by atoms with E-state index < -0.39 is 0 Å². The van der Waals surface area contributed by atoms with Gasteiger partial charge >= 0.3 is 0 Å². The van der Waals surface area contributed by atoms with E-state index in [1.807, 2.05) is 48.8 Å². The minimum atomic E-state index is 0.220. The second-order valence-electron chi connectivity index (χ2n) is 16.7. The Labute approximate surface area is 337 Å². The molecule has 8 heteroatoms. The SMILES string of the molecule is CC(C)c1cccc(C(C)C)c1-c1ccc(O)c(N2CN(CN3CN(c4cc(-c5c(C(C)C)cccc5C(C)C)ccc4O)c4cccnc43)c3ncccc32)c1. The third-order valence-electron chi connectivity index (χ3n) is 11.5. The molecule has 0 fully saturated rings. The van der Waals surface area contributed by atoms with Gasteiger partial charge in [-0.2, -0.15) is 0 Å². The molecule has 0 atom stereocenters. The number of aromatic nitrogens is 2. The van der Waals surface area contributed by atoms with Gasteiger partial charge < -0.3 is 29.8 Å². The van der Waals surface area contributed by atoms with Crippen molar-refractivity contribution in [2.24, 2.45) is 0 Å². The number of hydrogen-bond acceptors (Lipinski definition) is 8. The Morgan fingerprint density at radius 2 is 0.842 bits per heavy atom. The fourth-order valence-electron chi connectivity index (χ4n) is 8.71. The molecule has 0 saturated heterocycles. The van der Waals surface area contributed by atoms with Crippen LogP contribution in [0.25, 0.3) is 22.3 Å². The maximum absolute atomic E-state index is 11.5. The van der Waals surface area contributed by atoms with Crippen LogP contribution >= 0.6 is 0 Å². The number of hydrogen-bond donors (Lipinski definition) is 2. The molecule has 0 aliphatic carbocycles. The van der Waals surface area contributed by atoms with Crippen molar-refractivity contribution in [3.63, 3.8) is 0 Å². The molecule has 2 aliphatic heterocycles. The number of rotatable bonds is 10. The Morgan fingerprint density at radius 1 is 0.474 bits per heavy atom. The summed E-state index contributed by atoms with van der Waals surface area (Å²) in [5.74, 6) is 3.49. The van der Waals surface area contributed by atoms with E-state index in [1.54, 1.807) is 0 Å². The first-order valence-electron chi connectivity index (χ1n) is 20.3. The van der Waals surface area contributed by atoms with Gasteiger partial charge in [0.1, 0.15) is 11.5 Å². The molecule has 292 valence electrons. The number of anilines is 6. The van der Waals surface area contributed by atoms with E-state index in [2.05, 4.69) is 136 Å². The Kier molecular flexibility index (Phi) is 10.1. The molecule has 6 aromatic rings. The van der Waals surface area contributed by atoms with E-state index in [4.69, 9.17) is 9.97 Å². The lowest BCUT2D eigenvalue weighted by Gasteiger charge is -2.28. The summed E-state index contributed by atoms with van der Waals surface area (Å²) in [4.78, 5) is 18.6. The van der Waals surface area contributed by atoms with Crippen molar-refractivity contribution in [3.05, 3.63) is 132 Å². The Balaban J connectivity index is 1.14. The van der Waals surface area contributed by atoms with Crippen molar-refractivity contribution in [3.8, 4) is 33.8 Å². The van der Waals surface area contributed by atoms with Crippen molar-refractivity contribution in [2.45, 2.75) is 79.1 Å². The van der Waals surface area contributed by atoms with Crippen LogP contribution in [0.4, 0.5) is 34.4 Å². The van der Waals surface area contributed by atoms with E-state index in [0.717, 1.165) is 45.5 Å². The predicted molar refractivity (Wildman–Crippen MR) is 236 cm³/mol. The predicted octanol–water partition coefficient (Wildman–Crippen LogP) is 12.2. The fourth-order valence-corrected chi connectivity index (χ4v) is 8.71. The van der Waals surface area contributed by atoms with Gasteiger partial charge in [0.25, 0.3) is 0 Å². The second kappa shape index (κ2) is 15.1. The summed E-state index contributed by atoms with van der Waals surface area (Å²) in [7, 11) is 0. The van der Waals surface area contributed by atoms with E-state index in [-0.39, 0.29) is 11.5 Å². The van der Waals surface area contributed by atoms with Crippen molar-refractivity contribution in [1.29, 1.82) is 0 Å². The summed E-state index contributed by atoms with van der Waals surface area (Å²) < 4.78 is 0. The molecule has 0 saturated carbocycles. The van der Waals surface area contributed by atoms with Crippen LogP contribution in [0.5, 0.6) is 11.5 Å². The first kappa shape index (κ1) is 37.9. The monoisotopic (exact) mass is 758 g/mol. The summed E-state index contributed by atoms with van der Waals surface area (Å²) in [6.45, 7) is 19.4. The zero-order valence-corrected chi connectivity index (χ0v) is 34.4. The molecule has 57 heavy (non-hydrogen) atoms. The molecule has 0 radical (unpaired) electrons. The Hall–Kier alpha value is -6.02. The number of aromatic hydroxyl groups is 2. The van der Waals surface area contributed by atoms with E-state index in [9.17, 15) is 10.2 Å². The Morgan fingerprint density at radius 3 is 1.19 bits per heavy atom. The second-order valence-corrected chi connectivity index (χ2v) is 16.7. The largest absolute Gasteiger partial charge is 0.506 e. The highest BCUT2D eigenvalue weighted by atomic mass is 16.3. The van der Waals surface area contributed by atoms with Gasteiger partial charge in [-0.1, -0.05) is 104 Å². The van der Waals surface area contributed by atoms with Gasteiger partial charge in [-0.05, 0) is 117 Å². The minimum absolute atomic E-state index is 0.220. The average molecular weight is 759 g/mol. The van der Waals surface area contributed by atoms with Crippen LogP contribution in [0, 0.1) is 0 Å². The molecule has 0 amide bonds. The summed E-state index contributed by atoms with van der Waals surface area (Å²) in [5.41, 5.74) is 13.2. The highest BCUT2D eigenvalue weighted by molar-refractivity contribution is 5.88. The lowest BCUT2D eigenvalue weighted by atomic mass is 9.85. The third-order valence-corrected chi connectivity index (χ3v) is 11.5. The maximum atomic E-state index is 11.5. The van der Waals surface area contributed by atoms with Gasteiger partial charge in [-0.3, -0.25) is 0 Å². The number of fused-ring (bicyclic) bond motifs is 2. The molecule has 0 spiro atoms. The van der Waals surface area contributed by atoms with Gasteiger partial charge in [-0.25, -0.2) is 9.97 Å². The van der Waals surface area contributed by atoms with Crippen LogP contribution in [0.3, 0.4) is 0 Å². The molecule has 2 aliphatic rings. The van der Waals surface area contributed by atoms with Gasteiger partial charge in [0, 0.05) is 12.4 Å². The standard InChI is InChI=1S/C49H54N6O2/c1-30(2)36-13-9-14-37(31(3)4)46(36)34-19-21-44(56)42(25-34)54-28-52(48-40(54)17-11-23-50-48)27-53-29-55(41-18-12-24-51-49(41)53)43-26-35(20-22-45(43)57)47-38(32(5)6)15-10-16-39(47)33(7)8/h9-26,30-33,56-57H,27-29H2,1-8H3. The van der Waals surface area contributed by atoms with Crippen LogP contribution in [-0.4, -0.2) is 40.2 Å². The quantitative estimate of drug-likeness (QED) is 0.143. The molecular weight excluding hydrogens is 705 g/mol. The first-order chi connectivity index (χ1) is 27.4. The number of phenols is 2. The van der Waals surface area contributed by atoms with Crippen LogP contribution in [-0.2, 0) is 0 Å². The van der Waals surface area contributed by atoms with E-state index >= 15 is 0 Å². The number of benzene rings is 4. The van der Waals surface area contributed by atoms with E-state index in [0.29, 0.717) is 43.7 Å². The van der Waals surface area contributed by atoms with Crippen molar-refractivity contribution in [2.75, 3.05) is 39.6 Å². The number of nitrogens with zero attached hydrogens (tertiary/aromatic N) is 6. The molecule has 4 aromatic carbocycles. The van der Waals surface area contributed by atoms with Crippen molar-refractivity contribution < 1.29 is 10.2 Å². The highest BCUT2D eigenvalue weighted by Crippen LogP contribution is 2.48. The Bertz CT molecular complexity index is 2220. The summed E-state index contributed by atoms with van der Waals surface area (Å²) in [6.07, 6.45) is 3.65. The van der Waals surface area contributed by atoms with Gasteiger partial charge in [0.2, 0.25) is 0 Å². The van der Waals surface area contributed by atoms with Crippen LogP contribution < -0.4 is 19.6 Å². The molecule has 8 rings (SSSR count). The molecule has 2 N–H and O–H groups in total. The smallest absolute Gasteiger partial charge is 0.155 e. The summed E-state index contributed by atoms with van der Waals surface area (Å²) in [6, 6.07) is 33.3. The van der Waals surface area contributed by atoms with Crippen LogP contribution in [0.2, 0.25) is 0 Å². The summed E-state index contributed by atoms with van der Waals surface area (Å²) in [5, 5.41) is 23.0. The molecular formula is C49H54N6O2. The van der Waals surface area contributed by atoms with Gasteiger partial charge in [0.15, 0.2) is 11.6 Å². The first-order valence-corrected chi connectivity index (χ1v) is 20.3. The maximum Gasteiger partial charge on any atom is 0.155 e. The zero-order valence-electron chi connectivity index (χ0n) is 34.4. The molecule has 0 bridgehead atoms. The third kappa shape index (κ3) is 6.81. The van der Waals surface area contributed by atoms with Crippen LogP contribution in [0.1, 0.15) is 101 Å². The average Bonchev–Trinajstić information content (AvgIpc) is 3.76. The van der Waals surface area contributed by atoms with Crippen molar-refractivity contribution in [1.82, 2.24) is 9.97 Å². The fraction of sp³-hybridized carbons (Fsp3) is 0.306. The molecule has 8 nitrogen and oxygen atoms in total. The van der Waals surface area contributed by atoms with Gasteiger partial charge in [-0.15, -0.1) is 0 Å². The normalized spacial score (nSPS) is 13.8. The van der Waals surface area contributed by atoms with Gasteiger partial charge in [0.05, 0.1) is 42.8 Å². The number of pyridine rings is 2. The topological polar surface area (TPSA) is 79.2 Å². The lowest BCUT2D eigenvalue weighted by molar-refractivity contribution is 0.475. The van der Waals surface area contributed by atoms with Crippen molar-refractivity contribution >= 4 is 34.4 Å². The number of phenolic OH excluding ortho intramolecular Hbond substituents is 2. The lowest BCUT2D eigenvalue weighted by Crippen LogP contribution is -2.41. The summed E-state index contributed by atoms with van der Waals surface area (Å²) >= 11 is 0. The molecule has 4 heterocycles. The molecule has 0 unspecified atom stereocenters. The van der Waals surface area contributed by atoms with E-state index in [1.165, 1.54) is 33.4 Å². The highest BCUT2D eigenvalue weighted by Gasteiger charge is 2.36. The minimum Gasteiger partial charge on any atom is -0.506 e.